The average molecular weight is 297 g/mol. The zero-order valence-corrected chi connectivity index (χ0v) is 12.3. The third kappa shape index (κ3) is 2.48. The van der Waals surface area contributed by atoms with Crippen LogP contribution in [0.3, 0.4) is 0 Å². The van der Waals surface area contributed by atoms with E-state index in [1.807, 2.05) is 12.1 Å². The molecule has 0 saturated carbocycles. The highest BCUT2D eigenvalue weighted by molar-refractivity contribution is 5.92. The van der Waals surface area contributed by atoms with Crippen LogP contribution in [0.1, 0.15) is 23.0 Å². The molecule has 0 aromatic carbocycles. The number of aromatic nitrogens is 4. The van der Waals surface area contributed by atoms with E-state index in [0.29, 0.717) is 23.5 Å². The lowest BCUT2D eigenvalue weighted by Crippen LogP contribution is -2.08. The van der Waals surface area contributed by atoms with Crippen molar-refractivity contribution in [3.05, 3.63) is 41.9 Å². The van der Waals surface area contributed by atoms with Crippen LogP contribution in [-0.4, -0.2) is 32.2 Å². The van der Waals surface area contributed by atoms with Crippen LogP contribution in [0.2, 0.25) is 0 Å². The second-order valence-corrected chi connectivity index (χ2v) is 4.77. The molecule has 3 rings (SSSR count). The Morgan fingerprint density at radius 2 is 2.18 bits per heavy atom. The van der Waals surface area contributed by atoms with Crippen molar-refractivity contribution in [2.24, 2.45) is 0 Å². The molecule has 0 unspecified atom stereocenters. The van der Waals surface area contributed by atoms with E-state index >= 15 is 0 Å². The van der Waals surface area contributed by atoms with E-state index in [0.717, 1.165) is 11.1 Å². The van der Waals surface area contributed by atoms with Gasteiger partial charge in [-0.1, -0.05) is 0 Å². The summed E-state index contributed by atoms with van der Waals surface area (Å²) in [5, 5.41) is 4.03. The predicted molar refractivity (Wildman–Crippen MR) is 81.3 cm³/mol. The molecule has 3 aromatic heterocycles. The Morgan fingerprint density at radius 3 is 2.95 bits per heavy atom. The molecule has 2 N–H and O–H groups in total. The Hall–Kier alpha value is -2.96. The highest BCUT2D eigenvalue weighted by Crippen LogP contribution is 2.22. The number of ether oxygens (including phenoxy) is 1. The standard InChI is InChI=1S/C15H15N5O2/c1-3-22-14(21)12-6-11(8-17-9(12)2)10-4-5-20-13(7-10)18-15(16)19-20/h4-8H,3H2,1-2H3,(H2,16,19). The summed E-state index contributed by atoms with van der Waals surface area (Å²) in [7, 11) is 0. The Morgan fingerprint density at radius 1 is 1.36 bits per heavy atom. The smallest absolute Gasteiger partial charge is 0.339 e. The van der Waals surface area contributed by atoms with Gasteiger partial charge in [-0.15, -0.1) is 5.10 Å². The van der Waals surface area contributed by atoms with Gasteiger partial charge in [-0.3, -0.25) is 4.98 Å². The van der Waals surface area contributed by atoms with Gasteiger partial charge in [0.2, 0.25) is 5.95 Å². The molecule has 0 spiro atoms. The van der Waals surface area contributed by atoms with Gasteiger partial charge in [0.15, 0.2) is 5.65 Å². The summed E-state index contributed by atoms with van der Waals surface area (Å²) in [5.74, 6) is -0.159. The molecule has 0 atom stereocenters. The van der Waals surface area contributed by atoms with Gasteiger partial charge >= 0.3 is 5.97 Å². The first-order valence-corrected chi connectivity index (χ1v) is 6.84. The van der Waals surface area contributed by atoms with E-state index in [2.05, 4.69) is 15.1 Å². The molecule has 0 radical (unpaired) electrons. The van der Waals surface area contributed by atoms with Gasteiger partial charge in [-0.05, 0) is 37.6 Å². The molecule has 0 aliphatic carbocycles. The molecule has 0 saturated heterocycles. The van der Waals surface area contributed by atoms with E-state index in [9.17, 15) is 4.79 Å². The Bertz CT molecular complexity index is 856. The van der Waals surface area contributed by atoms with Gasteiger partial charge < -0.3 is 10.5 Å². The lowest BCUT2D eigenvalue weighted by Gasteiger charge is -2.08. The van der Waals surface area contributed by atoms with E-state index in [1.54, 1.807) is 36.8 Å². The summed E-state index contributed by atoms with van der Waals surface area (Å²) >= 11 is 0. The molecule has 0 amide bonds. The maximum atomic E-state index is 12.0. The molecule has 3 heterocycles. The number of nitrogens with zero attached hydrogens (tertiary/aromatic N) is 4. The quantitative estimate of drug-likeness (QED) is 0.741. The summed E-state index contributed by atoms with van der Waals surface area (Å²) in [4.78, 5) is 20.4. The topological polar surface area (TPSA) is 95.4 Å². The fraction of sp³-hybridized carbons (Fsp3) is 0.200. The Kier molecular flexibility index (Phi) is 3.46. The number of carbonyl (C=O) groups excluding carboxylic acids is 1. The van der Waals surface area contributed by atoms with Gasteiger partial charge in [0.25, 0.3) is 0 Å². The normalized spacial score (nSPS) is 10.8. The number of rotatable bonds is 3. The minimum absolute atomic E-state index is 0.214. The second kappa shape index (κ2) is 5.44. The van der Waals surface area contributed by atoms with Crippen molar-refractivity contribution < 1.29 is 9.53 Å². The number of nitrogens with two attached hydrogens (primary N) is 1. The maximum absolute atomic E-state index is 12.0. The number of esters is 1. The van der Waals surface area contributed by atoms with Gasteiger partial charge in [-0.25, -0.2) is 9.31 Å². The van der Waals surface area contributed by atoms with Crippen LogP contribution in [0, 0.1) is 6.92 Å². The molecule has 112 valence electrons. The first-order chi connectivity index (χ1) is 10.6. The van der Waals surface area contributed by atoms with Crippen molar-refractivity contribution >= 4 is 17.6 Å². The fourth-order valence-corrected chi connectivity index (χ4v) is 2.18. The third-order valence-corrected chi connectivity index (χ3v) is 3.27. The first-order valence-electron chi connectivity index (χ1n) is 6.84. The summed E-state index contributed by atoms with van der Waals surface area (Å²) in [5.41, 5.74) is 8.98. The zero-order chi connectivity index (χ0) is 15.7. The molecular weight excluding hydrogens is 282 g/mol. The number of anilines is 1. The molecule has 0 aliphatic rings. The summed E-state index contributed by atoms with van der Waals surface area (Å²) in [6.07, 6.45) is 3.47. The molecule has 0 fully saturated rings. The van der Waals surface area contributed by atoms with Crippen LogP contribution in [0.5, 0.6) is 0 Å². The van der Waals surface area contributed by atoms with Crippen molar-refractivity contribution in [3.63, 3.8) is 0 Å². The lowest BCUT2D eigenvalue weighted by atomic mass is 10.1. The first kappa shape index (κ1) is 14.0. The lowest BCUT2D eigenvalue weighted by molar-refractivity contribution is 0.0525. The molecule has 22 heavy (non-hydrogen) atoms. The molecule has 0 aliphatic heterocycles. The number of hydrogen-bond acceptors (Lipinski definition) is 6. The van der Waals surface area contributed by atoms with Gasteiger partial charge in [0.1, 0.15) is 0 Å². The third-order valence-electron chi connectivity index (χ3n) is 3.27. The van der Waals surface area contributed by atoms with Crippen molar-refractivity contribution in [2.45, 2.75) is 13.8 Å². The van der Waals surface area contributed by atoms with E-state index in [-0.39, 0.29) is 11.9 Å². The van der Waals surface area contributed by atoms with Crippen molar-refractivity contribution in [3.8, 4) is 11.1 Å². The van der Waals surface area contributed by atoms with Crippen molar-refractivity contribution in [2.75, 3.05) is 12.3 Å². The highest BCUT2D eigenvalue weighted by Gasteiger charge is 2.13. The molecular formula is C15H15N5O2. The summed E-state index contributed by atoms with van der Waals surface area (Å²) in [6, 6.07) is 5.47. The maximum Gasteiger partial charge on any atom is 0.339 e. The second-order valence-electron chi connectivity index (χ2n) is 4.77. The fourth-order valence-electron chi connectivity index (χ4n) is 2.18. The Balaban J connectivity index is 2.06. The van der Waals surface area contributed by atoms with E-state index in [1.165, 1.54) is 0 Å². The van der Waals surface area contributed by atoms with Crippen molar-refractivity contribution in [1.82, 2.24) is 19.6 Å². The molecule has 0 bridgehead atoms. The largest absolute Gasteiger partial charge is 0.462 e. The van der Waals surface area contributed by atoms with Crippen LogP contribution in [0.15, 0.2) is 30.6 Å². The van der Waals surface area contributed by atoms with Crippen LogP contribution in [0.4, 0.5) is 5.95 Å². The van der Waals surface area contributed by atoms with Crippen LogP contribution >= 0.6 is 0 Å². The zero-order valence-electron chi connectivity index (χ0n) is 12.3. The molecule has 3 aromatic rings. The highest BCUT2D eigenvalue weighted by atomic mass is 16.5. The van der Waals surface area contributed by atoms with Crippen LogP contribution in [-0.2, 0) is 4.74 Å². The Labute approximate surface area is 126 Å². The monoisotopic (exact) mass is 297 g/mol. The van der Waals surface area contributed by atoms with E-state index in [4.69, 9.17) is 10.5 Å². The number of aryl methyl sites for hydroxylation is 1. The van der Waals surface area contributed by atoms with Crippen LogP contribution in [0.25, 0.3) is 16.8 Å². The van der Waals surface area contributed by atoms with Gasteiger partial charge in [0, 0.05) is 18.0 Å². The van der Waals surface area contributed by atoms with Gasteiger partial charge in [0.05, 0.1) is 17.9 Å². The molecule has 7 nitrogen and oxygen atoms in total. The minimum Gasteiger partial charge on any atom is -0.462 e. The average Bonchev–Trinajstić information content (AvgIpc) is 2.87. The van der Waals surface area contributed by atoms with Crippen molar-refractivity contribution in [1.29, 1.82) is 0 Å². The van der Waals surface area contributed by atoms with Gasteiger partial charge in [-0.2, -0.15) is 4.98 Å². The SMILES string of the molecule is CCOC(=O)c1cc(-c2ccn3nc(N)nc3c2)cnc1C. The van der Waals surface area contributed by atoms with Crippen LogP contribution < -0.4 is 5.73 Å². The number of nitrogen functional groups attached to an aromatic ring is 1. The summed E-state index contributed by atoms with van der Waals surface area (Å²) in [6.45, 7) is 3.88. The number of fused-ring (bicyclic) bond motifs is 1. The number of pyridine rings is 2. The van der Waals surface area contributed by atoms with E-state index < -0.39 is 0 Å². The number of hydrogen-bond donors (Lipinski definition) is 1. The molecule has 7 heteroatoms. The minimum atomic E-state index is -0.373. The summed E-state index contributed by atoms with van der Waals surface area (Å²) < 4.78 is 6.64. The predicted octanol–water partition coefficient (Wildman–Crippen LogP) is 1.86. The number of carbonyl (C=O) groups is 1.